The highest BCUT2D eigenvalue weighted by molar-refractivity contribution is 6.04. The maximum atomic E-state index is 13.1. The summed E-state index contributed by atoms with van der Waals surface area (Å²) in [4.78, 5) is 29.3. The fraction of sp³-hybridized carbons (Fsp3) is 0.182. The number of rotatable bonds is 6. The highest BCUT2D eigenvalue weighted by atomic mass is 16.2. The van der Waals surface area contributed by atoms with Crippen LogP contribution in [0.4, 0.5) is 0 Å². The Morgan fingerprint density at radius 1 is 1.10 bits per heavy atom. The number of aromatic nitrogens is 4. The topological polar surface area (TPSA) is 92.7 Å². The van der Waals surface area contributed by atoms with Gasteiger partial charge in [0.25, 0.3) is 11.5 Å². The Hall–Kier alpha value is -3.74. The minimum absolute atomic E-state index is 0.208. The number of aryl methyl sites for hydroxylation is 2. The molecule has 29 heavy (non-hydrogen) atoms. The summed E-state index contributed by atoms with van der Waals surface area (Å²) in [5, 5.41) is 10.5. The zero-order valence-corrected chi connectivity index (χ0v) is 16.0. The van der Waals surface area contributed by atoms with Gasteiger partial charge in [-0.1, -0.05) is 48.5 Å². The van der Waals surface area contributed by atoms with Gasteiger partial charge in [-0.3, -0.25) is 9.59 Å². The summed E-state index contributed by atoms with van der Waals surface area (Å²) < 4.78 is 2.05. The van der Waals surface area contributed by atoms with E-state index in [1.807, 2.05) is 43.5 Å². The fourth-order valence-corrected chi connectivity index (χ4v) is 3.43. The Bertz CT molecular complexity index is 1200. The van der Waals surface area contributed by atoms with E-state index in [0.29, 0.717) is 23.7 Å². The van der Waals surface area contributed by atoms with Crippen LogP contribution in [0.15, 0.2) is 71.8 Å². The molecule has 1 unspecified atom stereocenters. The summed E-state index contributed by atoms with van der Waals surface area (Å²) in [7, 11) is 0. The van der Waals surface area contributed by atoms with Gasteiger partial charge in [-0.15, -0.1) is 0 Å². The average Bonchev–Trinajstić information content (AvgIpc) is 3.17. The maximum Gasteiger partial charge on any atom is 0.272 e. The van der Waals surface area contributed by atoms with Crippen LogP contribution in [-0.2, 0) is 6.54 Å². The Morgan fingerprint density at radius 3 is 2.55 bits per heavy atom. The van der Waals surface area contributed by atoms with Crippen LogP contribution in [0.3, 0.4) is 0 Å². The molecule has 0 aliphatic heterocycles. The maximum absolute atomic E-state index is 13.1. The van der Waals surface area contributed by atoms with Crippen LogP contribution in [0, 0.1) is 6.92 Å². The van der Waals surface area contributed by atoms with E-state index in [4.69, 9.17) is 0 Å². The Morgan fingerprint density at radius 2 is 1.83 bits per heavy atom. The predicted molar refractivity (Wildman–Crippen MR) is 111 cm³/mol. The molecule has 1 atom stereocenters. The van der Waals surface area contributed by atoms with Gasteiger partial charge < -0.3 is 9.88 Å². The largest absolute Gasteiger partial charge is 0.344 e. The van der Waals surface area contributed by atoms with E-state index in [1.54, 1.807) is 30.5 Å². The number of aromatic amines is 1. The zero-order chi connectivity index (χ0) is 20.2. The first kappa shape index (κ1) is 18.6. The third kappa shape index (κ3) is 3.94. The molecule has 2 aromatic carbocycles. The fourth-order valence-electron chi connectivity index (χ4n) is 3.43. The monoisotopic (exact) mass is 387 g/mol. The van der Waals surface area contributed by atoms with Crippen molar-refractivity contribution in [3.8, 4) is 0 Å². The SMILES string of the molecule is Cc1nccn1CCC(NC(=O)c1n[nH]c(=O)c2ccccc12)c1ccccc1. The van der Waals surface area contributed by atoms with Crippen molar-refractivity contribution in [2.75, 3.05) is 0 Å². The van der Waals surface area contributed by atoms with Crippen LogP contribution in [0.1, 0.15) is 34.3 Å². The summed E-state index contributed by atoms with van der Waals surface area (Å²) in [6.45, 7) is 2.66. The predicted octanol–water partition coefficient (Wildman–Crippen LogP) is 2.99. The van der Waals surface area contributed by atoms with E-state index >= 15 is 0 Å². The normalized spacial score (nSPS) is 12.0. The van der Waals surface area contributed by atoms with Crippen molar-refractivity contribution in [1.82, 2.24) is 25.1 Å². The molecule has 2 N–H and O–H groups in total. The van der Waals surface area contributed by atoms with Gasteiger partial charge >= 0.3 is 0 Å². The molecule has 2 heterocycles. The molecule has 4 rings (SSSR count). The Kier molecular flexibility index (Phi) is 5.20. The van der Waals surface area contributed by atoms with Crippen molar-refractivity contribution in [2.45, 2.75) is 25.9 Å². The van der Waals surface area contributed by atoms with E-state index in [0.717, 1.165) is 11.4 Å². The summed E-state index contributed by atoms with van der Waals surface area (Å²) in [5.74, 6) is 0.602. The number of amides is 1. The third-order valence-electron chi connectivity index (χ3n) is 5.00. The van der Waals surface area contributed by atoms with Crippen LogP contribution >= 0.6 is 0 Å². The number of carbonyl (C=O) groups excluding carboxylic acids is 1. The first-order chi connectivity index (χ1) is 14.1. The number of imidazole rings is 1. The van der Waals surface area contributed by atoms with Gasteiger partial charge in [-0.2, -0.15) is 5.10 Å². The average molecular weight is 387 g/mol. The second kappa shape index (κ2) is 8.10. The minimum atomic E-state index is -0.325. The van der Waals surface area contributed by atoms with Crippen LogP contribution < -0.4 is 10.9 Å². The van der Waals surface area contributed by atoms with Crippen molar-refractivity contribution in [3.05, 3.63) is 94.4 Å². The molecule has 4 aromatic rings. The number of benzene rings is 2. The summed E-state index contributed by atoms with van der Waals surface area (Å²) in [5.41, 5.74) is 0.902. The van der Waals surface area contributed by atoms with Gasteiger partial charge in [0.05, 0.1) is 11.4 Å². The molecular weight excluding hydrogens is 366 g/mol. The molecule has 0 saturated heterocycles. The number of fused-ring (bicyclic) bond motifs is 1. The molecule has 7 heteroatoms. The molecule has 1 amide bonds. The lowest BCUT2D eigenvalue weighted by Crippen LogP contribution is -2.31. The van der Waals surface area contributed by atoms with E-state index < -0.39 is 0 Å². The summed E-state index contributed by atoms with van der Waals surface area (Å²) >= 11 is 0. The number of nitrogens with one attached hydrogen (secondary N) is 2. The highest BCUT2D eigenvalue weighted by Crippen LogP contribution is 2.20. The number of hydrogen-bond acceptors (Lipinski definition) is 4. The molecule has 146 valence electrons. The lowest BCUT2D eigenvalue weighted by molar-refractivity contribution is 0.0929. The smallest absolute Gasteiger partial charge is 0.272 e. The number of carbonyl (C=O) groups is 1. The molecule has 0 bridgehead atoms. The number of nitrogens with zero attached hydrogens (tertiary/aromatic N) is 3. The van der Waals surface area contributed by atoms with Gasteiger partial charge in [0.1, 0.15) is 5.82 Å². The second-order valence-corrected chi connectivity index (χ2v) is 6.84. The van der Waals surface area contributed by atoms with Crippen molar-refractivity contribution in [3.63, 3.8) is 0 Å². The van der Waals surface area contributed by atoms with E-state index in [1.165, 1.54) is 0 Å². The van der Waals surface area contributed by atoms with Gasteiger partial charge in [0.2, 0.25) is 0 Å². The van der Waals surface area contributed by atoms with Gasteiger partial charge in [0, 0.05) is 24.3 Å². The Labute approximate surface area is 167 Å². The number of H-pyrrole nitrogens is 1. The van der Waals surface area contributed by atoms with Crippen LogP contribution in [0.5, 0.6) is 0 Å². The van der Waals surface area contributed by atoms with Crippen LogP contribution in [-0.4, -0.2) is 25.7 Å². The van der Waals surface area contributed by atoms with Crippen molar-refractivity contribution in [1.29, 1.82) is 0 Å². The molecule has 0 aliphatic carbocycles. The molecular formula is C22H21N5O2. The van der Waals surface area contributed by atoms with E-state index in [9.17, 15) is 9.59 Å². The van der Waals surface area contributed by atoms with Crippen molar-refractivity contribution in [2.24, 2.45) is 0 Å². The molecule has 7 nitrogen and oxygen atoms in total. The minimum Gasteiger partial charge on any atom is -0.344 e. The zero-order valence-electron chi connectivity index (χ0n) is 16.0. The van der Waals surface area contributed by atoms with Gasteiger partial charge in [0.15, 0.2) is 5.69 Å². The summed E-state index contributed by atoms with van der Waals surface area (Å²) in [6.07, 6.45) is 4.38. The Balaban J connectivity index is 1.62. The molecule has 0 spiro atoms. The number of hydrogen-bond donors (Lipinski definition) is 2. The summed E-state index contributed by atoms with van der Waals surface area (Å²) in [6, 6.07) is 16.6. The quantitative estimate of drug-likeness (QED) is 0.532. The molecule has 0 fully saturated rings. The second-order valence-electron chi connectivity index (χ2n) is 6.84. The van der Waals surface area contributed by atoms with Crippen LogP contribution in [0.25, 0.3) is 10.8 Å². The molecule has 0 radical (unpaired) electrons. The van der Waals surface area contributed by atoms with Crippen molar-refractivity contribution < 1.29 is 4.79 Å². The first-order valence-electron chi connectivity index (χ1n) is 9.44. The van der Waals surface area contributed by atoms with Crippen molar-refractivity contribution >= 4 is 16.7 Å². The molecule has 2 aromatic heterocycles. The molecule has 0 saturated carbocycles. The highest BCUT2D eigenvalue weighted by Gasteiger charge is 2.19. The lowest BCUT2D eigenvalue weighted by Gasteiger charge is -2.20. The standard InChI is InChI=1S/C22H21N5O2/c1-15-23-12-14-27(15)13-11-19(16-7-3-2-4-8-16)24-22(29)20-17-9-5-6-10-18(17)21(28)26-25-20/h2-10,12,14,19H,11,13H2,1H3,(H,24,29)(H,26,28). The van der Waals surface area contributed by atoms with E-state index in [2.05, 4.69) is 25.1 Å². The van der Waals surface area contributed by atoms with Gasteiger partial charge in [-0.05, 0) is 25.0 Å². The van der Waals surface area contributed by atoms with Gasteiger partial charge in [-0.25, -0.2) is 10.1 Å². The van der Waals surface area contributed by atoms with E-state index in [-0.39, 0.29) is 23.2 Å². The first-order valence-corrected chi connectivity index (χ1v) is 9.44. The lowest BCUT2D eigenvalue weighted by atomic mass is 10.0. The third-order valence-corrected chi connectivity index (χ3v) is 5.00. The van der Waals surface area contributed by atoms with Crippen LogP contribution in [0.2, 0.25) is 0 Å². The molecule has 0 aliphatic rings.